The largest absolute Gasteiger partial charge is 0.459 e. The van der Waals surface area contributed by atoms with Crippen LogP contribution in [-0.4, -0.2) is 27.7 Å². The summed E-state index contributed by atoms with van der Waals surface area (Å²) in [6, 6.07) is 9.59. The molecule has 3 aromatic rings. The summed E-state index contributed by atoms with van der Waals surface area (Å²) in [7, 11) is 0. The Morgan fingerprint density at radius 2 is 2.14 bits per heavy atom. The zero-order chi connectivity index (χ0) is 14.8. The minimum Gasteiger partial charge on any atom is -0.459 e. The zero-order valence-corrected chi connectivity index (χ0v) is 12.6. The van der Waals surface area contributed by atoms with E-state index in [0.717, 1.165) is 15.4 Å². The van der Waals surface area contributed by atoms with Crippen molar-refractivity contribution in [1.29, 1.82) is 0 Å². The third kappa shape index (κ3) is 2.64. The number of rotatable bonds is 3. The van der Waals surface area contributed by atoms with E-state index >= 15 is 0 Å². The summed E-state index contributed by atoms with van der Waals surface area (Å²) in [5, 5.41) is 4.77. The second-order valence-electron chi connectivity index (χ2n) is 4.16. The van der Waals surface area contributed by atoms with Gasteiger partial charge < -0.3 is 9.26 Å². The highest BCUT2D eigenvalue weighted by Gasteiger charge is 2.19. The van der Waals surface area contributed by atoms with Crippen molar-refractivity contribution in [2.75, 3.05) is 6.61 Å². The van der Waals surface area contributed by atoms with Crippen LogP contribution in [0.4, 0.5) is 0 Å². The van der Waals surface area contributed by atoms with Crippen molar-refractivity contribution in [3.05, 3.63) is 40.7 Å². The molecule has 2 heterocycles. The quantitative estimate of drug-likeness (QED) is 0.677. The van der Waals surface area contributed by atoms with Crippen LogP contribution in [-0.2, 0) is 4.74 Å². The molecule has 0 saturated heterocycles. The molecule has 0 radical (unpaired) electrons. The Kier molecular flexibility index (Phi) is 3.66. The van der Waals surface area contributed by atoms with E-state index in [1.165, 1.54) is 0 Å². The second-order valence-corrected chi connectivity index (χ2v) is 5.01. The molecule has 0 atom stereocenters. The molecule has 0 bridgehead atoms. The number of para-hydroxylation sites is 1. The number of nitrogens with zero attached hydrogens (tertiary/aromatic N) is 3. The van der Waals surface area contributed by atoms with Crippen LogP contribution in [0.25, 0.3) is 22.4 Å². The van der Waals surface area contributed by atoms with Gasteiger partial charge in [0.1, 0.15) is 5.69 Å². The van der Waals surface area contributed by atoms with Crippen LogP contribution >= 0.6 is 15.9 Å². The molecule has 0 saturated carbocycles. The van der Waals surface area contributed by atoms with E-state index in [1.807, 2.05) is 30.3 Å². The van der Waals surface area contributed by atoms with Crippen LogP contribution in [0.5, 0.6) is 0 Å². The highest BCUT2D eigenvalue weighted by molar-refractivity contribution is 9.10. The molecule has 3 rings (SSSR count). The minimum atomic E-state index is -0.645. The number of halogens is 1. The van der Waals surface area contributed by atoms with Crippen molar-refractivity contribution in [2.24, 2.45) is 0 Å². The van der Waals surface area contributed by atoms with Gasteiger partial charge in [0.25, 0.3) is 0 Å². The van der Waals surface area contributed by atoms with Gasteiger partial charge in [0.2, 0.25) is 5.82 Å². The predicted molar refractivity (Wildman–Crippen MR) is 78.7 cm³/mol. The van der Waals surface area contributed by atoms with E-state index in [4.69, 9.17) is 9.26 Å². The number of fused-ring (bicyclic) bond motifs is 1. The van der Waals surface area contributed by atoms with E-state index in [2.05, 4.69) is 31.1 Å². The lowest BCUT2D eigenvalue weighted by Crippen LogP contribution is -2.04. The van der Waals surface area contributed by atoms with Gasteiger partial charge >= 0.3 is 11.9 Å². The molecule has 2 aromatic heterocycles. The molecule has 0 unspecified atom stereocenters. The number of hydrogen-bond acceptors (Lipinski definition) is 6. The molecule has 0 N–H and O–H groups in total. The Bertz CT molecular complexity index is 816. The summed E-state index contributed by atoms with van der Waals surface area (Å²) in [5.41, 5.74) is 1.31. The van der Waals surface area contributed by atoms with Gasteiger partial charge in [-0.2, -0.15) is 4.98 Å². The first-order valence-corrected chi connectivity index (χ1v) is 7.05. The van der Waals surface area contributed by atoms with Gasteiger partial charge in [-0.3, -0.25) is 0 Å². The molecule has 21 heavy (non-hydrogen) atoms. The maximum atomic E-state index is 11.5. The van der Waals surface area contributed by atoms with Gasteiger partial charge in [-0.05, 0) is 35.0 Å². The molecule has 106 valence electrons. The first kappa shape index (κ1) is 13.7. The second kappa shape index (κ2) is 5.61. The number of ether oxygens (including phenoxy) is 1. The number of benzene rings is 1. The van der Waals surface area contributed by atoms with Gasteiger partial charge in [-0.15, -0.1) is 0 Å². The summed E-state index contributed by atoms with van der Waals surface area (Å²) in [6.07, 6.45) is 0. The van der Waals surface area contributed by atoms with Crippen molar-refractivity contribution in [3.63, 3.8) is 0 Å². The number of esters is 1. The van der Waals surface area contributed by atoms with Crippen LogP contribution in [0, 0.1) is 0 Å². The highest BCUT2D eigenvalue weighted by Crippen LogP contribution is 2.27. The van der Waals surface area contributed by atoms with Crippen molar-refractivity contribution in [1.82, 2.24) is 15.1 Å². The maximum Gasteiger partial charge on any atom is 0.397 e. The van der Waals surface area contributed by atoms with E-state index < -0.39 is 5.97 Å². The summed E-state index contributed by atoms with van der Waals surface area (Å²) in [4.78, 5) is 20.0. The molecule has 0 aliphatic rings. The smallest absolute Gasteiger partial charge is 0.397 e. The minimum absolute atomic E-state index is 0.186. The van der Waals surface area contributed by atoms with Crippen LogP contribution in [0.2, 0.25) is 0 Å². The molecule has 0 spiro atoms. The fourth-order valence-corrected chi connectivity index (χ4v) is 2.35. The number of carbonyl (C=O) groups is 1. The normalized spacial score (nSPS) is 10.8. The first-order chi connectivity index (χ1) is 10.2. The molecular weight excluding hydrogens is 338 g/mol. The standard InChI is InChI=1S/C14H10BrN3O3/c1-2-20-14(19)13-17-12(18-21-13)11-9(15)7-8-5-3-4-6-10(8)16-11/h3-7H,2H2,1H3. The van der Waals surface area contributed by atoms with Gasteiger partial charge in [-0.1, -0.05) is 23.4 Å². The average Bonchev–Trinajstić information content (AvgIpc) is 2.96. The SMILES string of the molecule is CCOC(=O)c1nc(-c2nc3ccccc3cc2Br)no1. The topological polar surface area (TPSA) is 78.1 Å². The molecule has 7 heteroatoms. The Morgan fingerprint density at radius 1 is 1.33 bits per heavy atom. The monoisotopic (exact) mass is 347 g/mol. The lowest BCUT2D eigenvalue weighted by Gasteiger charge is -2.02. The van der Waals surface area contributed by atoms with Gasteiger partial charge in [0.05, 0.1) is 12.1 Å². The van der Waals surface area contributed by atoms with Crippen LogP contribution < -0.4 is 0 Å². The predicted octanol–water partition coefficient (Wildman–Crippen LogP) is 3.22. The molecule has 0 aliphatic carbocycles. The van der Waals surface area contributed by atoms with E-state index in [1.54, 1.807) is 6.92 Å². The summed E-state index contributed by atoms with van der Waals surface area (Å²) >= 11 is 3.43. The number of pyridine rings is 1. The Morgan fingerprint density at radius 3 is 2.95 bits per heavy atom. The number of carbonyl (C=O) groups excluding carboxylic acids is 1. The summed E-state index contributed by atoms with van der Waals surface area (Å²) in [6.45, 7) is 1.95. The van der Waals surface area contributed by atoms with Crippen molar-refractivity contribution >= 4 is 32.8 Å². The molecule has 1 aromatic carbocycles. The van der Waals surface area contributed by atoms with Crippen LogP contribution in [0.3, 0.4) is 0 Å². The average molecular weight is 348 g/mol. The van der Waals surface area contributed by atoms with E-state index in [-0.39, 0.29) is 18.3 Å². The molecule has 0 amide bonds. The molecule has 0 aliphatic heterocycles. The van der Waals surface area contributed by atoms with Crippen LogP contribution in [0.1, 0.15) is 17.6 Å². The third-order valence-electron chi connectivity index (χ3n) is 2.77. The molecule has 0 fully saturated rings. The Balaban J connectivity index is 2.04. The van der Waals surface area contributed by atoms with Crippen molar-refractivity contribution in [2.45, 2.75) is 6.92 Å². The molecule has 6 nitrogen and oxygen atoms in total. The van der Waals surface area contributed by atoms with Crippen LogP contribution in [0.15, 0.2) is 39.3 Å². The third-order valence-corrected chi connectivity index (χ3v) is 3.37. The Labute approximate surface area is 128 Å². The fraction of sp³-hybridized carbons (Fsp3) is 0.143. The van der Waals surface area contributed by atoms with Gasteiger partial charge in [0, 0.05) is 9.86 Å². The van der Waals surface area contributed by atoms with Crippen molar-refractivity contribution in [3.8, 4) is 11.5 Å². The summed E-state index contributed by atoms with van der Waals surface area (Å²) < 4.78 is 10.4. The number of aromatic nitrogens is 3. The maximum absolute atomic E-state index is 11.5. The molecular formula is C14H10BrN3O3. The van der Waals surface area contributed by atoms with E-state index in [9.17, 15) is 4.79 Å². The van der Waals surface area contributed by atoms with Crippen molar-refractivity contribution < 1.29 is 14.1 Å². The fourth-order valence-electron chi connectivity index (χ4n) is 1.84. The Hall–Kier alpha value is -2.28. The number of hydrogen-bond donors (Lipinski definition) is 0. The van der Waals surface area contributed by atoms with Gasteiger partial charge in [0.15, 0.2) is 0 Å². The first-order valence-electron chi connectivity index (χ1n) is 6.25. The zero-order valence-electron chi connectivity index (χ0n) is 11.0. The lowest BCUT2D eigenvalue weighted by molar-refractivity contribution is 0.0470. The van der Waals surface area contributed by atoms with Gasteiger partial charge in [-0.25, -0.2) is 9.78 Å². The summed E-state index contributed by atoms with van der Waals surface area (Å²) in [5.74, 6) is -0.599. The highest BCUT2D eigenvalue weighted by atomic mass is 79.9. The lowest BCUT2D eigenvalue weighted by atomic mass is 10.2. The van der Waals surface area contributed by atoms with E-state index in [0.29, 0.717) is 5.69 Å².